The Bertz CT molecular complexity index is 783. The molecular weight excluding hydrogens is 397 g/mol. The molecule has 162 valence electrons. The molecule has 1 unspecified atom stereocenters. The summed E-state index contributed by atoms with van der Waals surface area (Å²) in [6.07, 6.45) is -3.70. The van der Waals surface area contributed by atoms with Gasteiger partial charge in [-0.15, -0.1) is 13.2 Å². The van der Waals surface area contributed by atoms with Crippen LogP contribution in [0.1, 0.15) is 52.8 Å². The molecule has 0 fully saturated rings. The number of nitrogens with one attached hydrogen (secondary N) is 2. The summed E-state index contributed by atoms with van der Waals surface area (Å²) >= 11 is 0. The Morgan fingerprint density at radius 1 is 0.800 bits per heavy atom. The lowest BCUT2D eigenvalue weighted by Crippen LogP contribution is -2.40. The van der Waals surface area contributed by atoms with Crippen LogP contribution in [-0.2, 0) is 4.74 Å². The van der Waals surface area contributed by atoms with E-state index in [9.17, 15) is 22.8 Å². The van der Waals surface area contributed by atoms with Gasteiger partial charge in [0, 0.05) is 17.7 Å². The summed E-state index contributed by atoms with van der Waals surface area (Å²) in [5.41, 5.74) is 0.848. The summed E-state index contributed by atoms with van der Waals surface area (Å²) < 4.78 is 42.0. The molecular formula is C22H25F3N2O3. The molecule has 8 heteroatoms. The number of ether oxygens (including phenoxy) is 1. The number of halogens is 3. The van der Waals surface area contributed by atoms with E-state index in [-0.39, 0.29) is 17.9 Å². The largest absolute Gasteiger partial charge is 0.524 e. The molecule has 0 bridgehead atoms. The monoisotopic (exact) mass is 422 g/mol. The number of hydrogen-bond donors (Lipinski definition) is 2. The fraction of sp³-hybridized carbons (Fsp3) is 0.364. The molecule has 0 aliphatic heterocycles. The van der Waals surface area contributed by atoms with E-state index < -0.39 is 18.5 Å². The van der Waals surface area contributed by atoms with Crippen LogP contribution in [-0.4, -0.2) is 30.9 Å². The molecule has 2 amide bonds. The van der Waals surface area contributed by atoms with E-state index in [1.165, 1.54) is 12.1 Å². The van der Waals surface area contributed by atoms with E-state index in [4.69, 9.17) is 0 Å². The van der Waals surface area contributed by atoms with E-state index in [1.54, 1.807) is 42.5 Å². The predicted molar refractivity (Wildman–Crippen MR) is 107 cm³/mol. The van der Waals surface area contributed by atoms with Crippen molar-refractivity contribution in [1.82, 2.24) is 10.6 Å². The molecule has 0 aromatic heterocycles. The van der Waals surface area contributed by atoms with Gasteiger partial charge < -0.3 is 10.6 Å². The maximum Gasteiger partial charge on any atom is 0.524 e. The second-order valence-electron chi connectivity index (χ2n) is 6.72. The SMILES string of the molecule is O=C(NCCCCCCC(NC(=O)c1ccccc1)OC(F)(F)F)c1ccccc1. The van der Waals surface area contributed by atoms with Gasteiger partial charge in [-0.1, -0.05) is 49.2 Å². The Morgan fingerprint density at radius 3 is 1.90 bits per heavy atom. The molecule has 0 aliphatic carbocycles. The average molecular weight is 422 g/mol. The van der Waals surface area contributed by atoms with Gasteiger partial charge in [0.1, 0.15) is 6.23 Å². The number of benzene rings is 2. The Balaban J connectivity index is 1.68. The highest BCUT2D eigenvalue weighted by molar-refractivity contribution is 5.94. The minimum Gasteiger partial charge on any atom is -0.352 e. The zero-order chi connectivity index (χ0) is 21.8. The fourth-order valence-electron chi connectivity index (χ4n) is 2.84. The van der Waals surface area contributed by atoms with Crippen LogP contribution in [0.15, 0.2) is 60.7 Å². The van der Waals surface area contributed by atoms with Crippen molar-refractivity contribution < 1.29 is 27.5 Å². The highest BCUT2D eigenvalue weighted by atomic mass is 19.4. The summed E-state index contributed by atoms with van der Waals surface area (Å²) in [6, 6.07) is 16.8. The minimum absolute atomic E-state index is 0.0362. The molecule has 2 aromatic rings. The molecule has 5 nitrogen and oxygen atoms in total. The molecule has 0 saturated heterocycles. The standard InChI is InChI=1S/C22H25F3N2O3/c23-22(24,25)30-19(27-21(29)18-13-7-4-8-14-18)15-9-1-2-10-16-26-20(28)17-11-5-3-6-12-17/h3-8,11-14,19H,1-2,9-10,15-16H2,(H,26,28)(H,27,29). The number of alkyl halides is 3. The Morgan fingerprint density at radius 2 is 1.33 bits per heavy atom. The van der Waals surface area contributed by atoms with Gasteiger partial charge in [0.15, 0.2) is 0 Å². The number of carbonyl (C=O) groups is 2. The van der Waals surface area contributed by atoms with E-state index in [0.29, 0.717) is 31.4 Å². The van der Waals surface area contributed by atoms with Gasteiger partial charge in [-0.05, 0) is 43.5 Å². The van der Waals surface area contributed by atoms with Crippen LogP contribution in [0.25, 0.3) is 0 Å². The molecule has 0 saturated carbocycles. The summed E-state index contributed by atoms with van der Waals surface area (Å²) in [4.78, 5) is 24.0. The van der Waals surface area contributed by atoms with Crippen molar-refractivity contribution in [2.75, 3.05) is 6.54 Å². The number of rotatable bonds is 11. The number of carbonyl (C=O) groups excluding carboxylic acids is 2. The van der Waals surface area contributed by atoms with E-state index in [0.717, 1.165) is 6.42 Å². The Kier molecular flexibility index (Phi) is 9.34. The molecule has 2 rings (SSSR count). The second kappa shape index (κ2) is 12.0. The number of amides is 2. The first-order valence-corrected chi connectivity index (χ1v) is 9.79. The van der Waals surface area contributed by atoms with E-state index >= 15 is 0 Å². The van der Waals surface area contributed by atoms with Crippen LogP contribution in [0, 0.1) is 0 Å². The van der Waals surface area contributed by atoms with Crippen molar-refractivity contribution in [3.8, 4) is 0 Å². The Hall–Kier alpha value is -2.87. The third-order valence-electron chi connectivity index (χ3n) is 4.32. The lowest BCUT2D eigenvalue weighted by Gasteiger charge is -2.20. The summed E-state index contributed by atoms with van der Waals surface area (Å²) in [5, 5.41) is 5.09. The van der Waals surface area contributed by atoms with Gasteiger partial charge in [-0.3, -0.25) is 14.3 Å². The molecule has 0 aliphatic rings. The average Bonchev–Trinajstić information content (AvgIpc) is 2.73. The van der Waals surface area contributed by atoms with E-state index in [1.807, 2.05) is 6.07 Å². The third kappa shape index (κ3) is 9.09. The molecule has 0 spiro atoms. The molecule has 0 radical (unpaired) electrons. The summed E-state index contributed by atoms with van der Waals surface area (Å²) in [7, 11) is 0. The van der Waals surface area contributed by atoms with Crippen LogP contribution in [0.2, 0.25) is 0 Å². The quantitative estimate of drug-likeness (QED) is 0.409. The van der Waals surface area contributed by atoms with Crippen molar-refractivity contribution in [1.29, 1.82) is 0 Å². The summed E-state index contributed by atoms with van der Waals surface area (Å²) in [6.45, 7) is 0.487. The zero-order valence-electron chi connectivity index (χ0n) is 16.5. The predicted octanol–water partition coefficient (Wildman–Crippen LogP) is 4.66. The van der Waals surface area contributed by atoms with Crippen LogP contribution in [0.3, 0.4) is 0 Å². The normalized spacial score (nSPS) is 12.2. The van der Waals surface area contributed by atoms with Crippen molar-refractivity contribution in [3.05, 3.63) is 71.8 Å². The minimum atomic E-state index is -4.84. The first kappa shape index (κ1) is 23.4. The zero-order valence-corrected chi connectivity index (χ0v) is 16.5. The molecule has 2 N–H and O–H groups in total. The molecule has 30 heavy (non-hydrogen) atoms. The number of unbranched alkanes of at least 4 members (excludes halogenated alkanes) is 3. The van der Waals surface area contributed by atoms with Gasteiger partial charge in [0.05, 0.1) is 0 Å². The lowest BCUT2D eigenvalue weighted by molar-refractivity contribution is -0.345. The smallest absolute Gasteiger partial charge is 0.352 e. The van der Waals surface area contributed by atoms with Gasteiger partial charge in [-0.2, -0.15) is 0 Å². The van der Waals surface area contributed by atoms with Crippen molar-refractivity contribution in [2.45, 2.75) is 44.7 Å². The fourth-order valence-corrected chi connectivity index (χ4v) is 2.84. The van der Waals surface area contributed by atoms with Crippen LogP contribution in [0.4, 0.5) is 13.2 Å². The molecule has 0 heterocycles. The second-order valence-corrected chi connectivity index (χ2v) is 6.72. The van der Waals surface area contributed by atoms with Gasteiger partial charge in [0.25, 0.3) is 11.8 Å². The number of hydrogen-bond acceptors (Lipinski definition) is 3. The van der Waals surface area contributed by atoms with Gasteiger partial charge in [-0.25, -0.2) is 0 Å². The third-order valence-corrected chi connectivity index (χ3v) is 4.32. The molecule has 2 aromatic carbocycles. The summed E-state index contributed by atoms with van der Waals surface area (Å²) in [5.74, 6) is -0.772. The maximum atomic E-state index is 12.6. The van der Waals surface area contributed by atoms with E-state index in [2.05, 4.69) is 15.4 Å². The van der Waals surface area contributed by atoms with Crippen LogP contribution < -0.4 is 10.6 Å². The Labute approximate surface area is 173 Å². The van der Waals surface area contributed by atoms with Crippen molar-refractivity contribution in [3.63, 3.8) is 0 Å². The molecule has 1 atom stereocenters. The van der Waals surface area contributed by atoms with Crippen LogP contribution >= 0.6 is 0 Å². The van der Waals surface area contributed by atoms with Crippen molar-refractivity contribution >= 4 is 11.8 Å². The highest BCUT2D eigenvalue weighted by Gasteiger charge is 2.34. The topological polar surface area (TPSA) is 67.4 Å². The first-order valence-electron chi connectivity index (χ1n) is 9.79. The van der Waals surface area contributed by atoms with Crippen molar-refractivity contribution in [2.24, 2.45) is 0 Å². The van der Waals surface area contributed by atoms with Crippen LogP contribution in [0.5, 0.6) is 0 Å². The maximum absolute atomic E-state index is 12.6. The first-order chi connectivity index (χ1) is 14.3. The lowest BCUT2D eigenvalue weighted by atomic mass is 10.1. The van der Waals surface area contributed by atoms with Gasteiger partial charge in [0.2, 0.25) is 0 Å². The highest BCUT2D eigenvalue weighted by Crippen LogP contribution is 2.21. The van der Waals surface area contributed by atoms with Gasteiger partial charge >= 0.3 is 6.36 Å².